The second-order valence-electron chi connectivity index (χ2n) is 10.9. The highest BCUT2D eigenvalue weighted by Crippen LogP contribution is 2.22. The SMILES string of the molecule is C[C@@H]1NC(=O)CN(Cc2n[nH]nc2-c2ccccc2)CCCNC(=O)c2cccc(c2)OCCn2nc(-c3ccccc3)nc21. The molecule has 3 heterocycles. The first kappa shape index (κ1) is 29.7. The molecule has 12 heteroatoms. The van der Waals surface area contributed by atoms with Crippen LogP contribution in [0.1, 0.15) is 41.3 Å². The van der Waals surface area contributed by atoms with Crippen LogP contribution in [-0.4, -0.2) is 73.1 Å². The van der Waals surface area contributed by atoms with E-state index in [-0.39, 0.29) is 18.4 Å². The van der Waals surface area contributed by atoms with Gasteiger partial charge >= 0.3 is 0 Å². The summed E-state index contributed by atoms with van der Waals surface area (Å²) in [5.74, 6) is 1.42. The molecule has 0 spiro atoms. The predicted molar refractivity (Wildman–Crippen MR) is 168 cm³/mol. The van der Waals surface area contributed by atoms with E-state index in [4.69, 9.17) is 14.8 Å². The first-order valence-electron chi connectivity index (χ1n) is 15.0. The van der Waals surface area contributed by atoms with Crippen LogP contribution in [0.4, 0.5) is 0 Å². The Kier molecular flexibility index (Phi) is 9.21. The van der Waals surface area contributed by atoms with Crippen LogP contribution >= 0.6 is 0 Å². The van der Waals surface area contributed by atoms with Crippen LogP contribution in [0.5, 0.6) is 5.75 Å². The Morgan fingerprint density at radius 2 is 1.64 bits per heavy atom. The quantitative estimate of drug-likeness (QED) is 0.282. The van der Waals surface area contributed by atoms with Gasteiger partial charge in [0.2, 0.25) is 5.91 Å². The molecule has 1 aliphatic rings. The van der Waals surface area contributed by atoms with Crippen molar-refractivity contribution in [1.82, 2.24) is 45.7 Å². The largest absolute Gasteiger partial charge is 0.492 e. The molecule has 0 radical (unpaired) electrons. The van der Waals surface area contributed by atoms with Crippen molar-refractivity contribution in [3.8, 4) is 28.4 Å². The summed E-state index contributed by atoms with van der Waals surface area (Å²) in [6.45, 7) is 4.09. The molecule has 230 valence electrons. The Hall–Kier alpha value is -5.36. The molecule has 3 aromatic carbocycles. The fourth-order valence-electron chi connectivity index (χ4n) is 5.30. The summed E-state index contributed by atoms with van der Waals surface area (Å²) in [5.41, 5.74) is 3.80. The average Bonchev–Trinajstić information content (AvgIpc) is 3.71. The van der Waals surface area contributed by atoms with Gasteiger partial charge in [-0.25, -0.2) is 9.67 Å². The monoisotopic (exact) mass is 605 g/mol. The van der Waals surface area contributed by atoms with E-state index < -0.39 is 6.04 Å². The molecule has 5 aromatic rings. The zero-order valence-electron chi connectivity index (χ0n) is 25.0. The number of nitrogens with zero attached hydrogens (tertiary/aromatic N) is 6. The highest BCUT2D eigenvalue weighted by Gasteiger charge is 2.22. The lowest BCUT2D eigenvalue weighted by molar-refractivity contribution is -0.123. The van der Waals surface area contributed by atoms with Crippen LogP contribution in [0.3, 0.4) is 0 Å². The van der Waals surface area contributed by atoms with Crippen molar-refractivity contribution in [2.75, 3.05) is 26.2 Å². The lowest BCUT2D eigenvalue weighted by Crippen LogP contribution is -2.40. The van der Waals surface area contributed by atoms with Gasteiger partial charge in [0.1, 0.15) is 29.6 Å². The zero-order valence-corrected chi connectivity index (χ0v) is 25.0. The Labute approximate surface area is 260 Å². The number of aromatic amines is 1. The Morgan fingerprint density at radius 3 is 2.44 bits per heavy atom. The smallest absolute Gasteiger partial charge is 0.251 e. The molecule has 0 saturated carbocycles. The third-order valence-corrected chi connectivity index (χ3v) is 7.51. The van der Waals surface area contributed by atoms with Crippen LogP contribution in [0, 0.1) is 0 Å². The maximum atomic E-state index is 13.5. The number of nitrogens with one attached hydrogen (secondary N) is 3. The summed E-state index contributed by atoms with van der Waals surface area (Å²) >= 11 is 0. The van der Waals surface area contributed by atoms with Gasteiger partial charge in [0, 0.05) is 36.3 Å². The highest BCUT2D eigenvalue weighted by molar-refractivity contribution is 5.94. The normalized spacial score (nSPS) is 16.9. The number of H-pyrrole nitrogens is 1. The molecule has 1 atom stereocenters. The number of benzene rings is 3. The number of amides is 2. The molecule has 3 N–H and O–H groups in total. The number of fused-ring (bicyclic) bond motifs is 3. The van der Waals surface area contributed by atoms with Crippen LogP contribution in [0.15, 0.2) is 84.9 Å². The highest BCUT2D eigenvalue weighted by atomic mass is 16.5. The summed E-state index contributed by atoms with van der Waals surface area (Å²) in [6.07, 6.45) is 0.623. The molecule has 0 saturated heterocycles. The number of ether oxygens (including phenoxy) is 1. The second kappa shape index (κ2) is 14.0. The van der Waals surface area contributed by atoms with Gasteiger partial charge in [-0.15, -0.1) is 0 Å². The van der Waals surface area contributed by atoms with E-state index in [0.29, 0.717) is 62.2 Å². The van der Waals surface area contributed by atoms with Crippen LogP contribution in [-0.2, 0) is 17.9 Å². The van der Waals surface area contributed by atoms with Gasteiger partial charge in [-0.3, -0.25) is 14.5 Å². The predicted octanol–water partition coefficient (Wildman–Crippen LogP) is 3.62. The van der Waals surface area contributed by atoms with Crippen molar-refractivity contribution < 1.29 is 14.3 Å². The van der Waals surface area contributed by atoms with E-state index in [0.717, 1.165) is 22.5 Å². The van der Waals surface area contributed by atoms with E-state index >= 15 is 0 Å². The van der Waals surface area contributed by atoms with Gasteiger partial charge < -0.3 is 15.4 Å². The number of carbonyl (C=O) groups is 2. The Bertz CT molecular complexity index is 1740. The fourth-order valence-corrected chi connectivity index (χ4v) is 5.30. The van der Waals surface area contributed by atoms with Gasteiger partial charge in [0.15, 0.2) is 5.82 Å². The molecule has 0 unspecified atom stereocenters. The molecule has 0 fully saturated rings. The van der Waals surface area contributed by atoms with Crippen molar-refractivity contribution in [3.63, 3.8) is 0 Å². The van der Waals surface area contributed by atoms with Gasteiger partial charge in [-0.1, -0.05) is 66.7 Å². The van der Waals surface area contributed by atoms with Crippen molar-refractivity contribution in [1.29, 1.82) is 0 Å². The lowest BCUT2D eigenvalue weighted by Gasteiger charge is -2.23. The maximum Gasteiger partial charge on any atom is 0.251 e. The minimum atomic E-state index is -0.419. The molecule has 45 heavy (non-hydrogen) atoms. The summed E-state index contributed by atoms with van der Waals surface area (Å²) in [5, 5.41) is 22.4. The van der Waals surface area contributed by atoms with E-state index in [1.165, 1.54) is 0 Å². The zero-order chi connectivity index (χ0) is 31.0. The molecule has 6 rings (SSSR count). The molecule has 2 aromatic heterocycles. The minimum Gasteiger partial charge on any atom is -0.492 e. The Morgan fingerprint density at radius 1 is 0.889 bits per heavy atom. The average molecular weight is 606 g/mol. The third-order valence-electron chi connectivity index (χ3n) is 7.51. The first-order valence-corrected chi connectivity index (χ1v) is 15.0. The van der Waals surface area contributed by atoms with E-state index in [1.54, 1.807) is 22.9 Å². The molecule has 1 aliphatic heterocycles. The lowest BCUT2D eigenvalue weighted by atomic mass is 10.1. The summed E-state index contributed by atoms with van der Waals surface area (Å²) in [4.78, 5) is 33.2. The fraction of sp³-hybridized carbons (Fsp3) is 0.273. The van der Waals surface area contributed by atoms with Crippen molar-refractivity contribution >= 4 is 11.8 Å². The van der Waals surface area contributed by atoms with Gasteiger partial charge in [-0.05, 0) is 31.5 Å². The number of hydrogen-bond acceptors (Lipinski definition) is 8. The van der Waals surface area contributed by atoms with Gasteiger partial charge in [0.25, 0.3) is 5.91 Å². The molecule has 12 nitrogen and oxygen atoms in total. The molecule has 0 aliphatic carbocycles. The number of rotatable bonds is 4. The van der Waals surface area contributed by atoms with Crippen LogP contribution in [0.25, 0.3) is 22.6 Å². The number of carbonyl (C=O) groups excluding carboxylic acids is 2. The molecule has 2 amide bonds. The van der Waals surface area contributed by atoms with E-state index in [1.807, 2.05) is 78.6 Å². The molecular formula is C33H35N9O3. The first-order chi connectivity index (χ1) is 22.0. The van der Waals surface area contributed by atoms with E-state index in [2.05, 4.69) is 26.0 Å². The topological polar surface area (TPSA) is 143 Å². The van der Waals surface area contributed by atoms with E-state index in [9.17, 15) is 9.59 Å². The number of hydrogen-bond donors (Lipinski definition) is 3. The molecular weight excluding hydrogens is 570 g/mol. The summed E-state index contributed by atoms with van der Waals surface area (Å²) in [6, 6.07) is 26.2. The summed E-state index contributed by atoms with van der Waals surface area (Å²) < 4.78 is 7.77. The van der Waals surface area contributed by atoms with Crippen molar-refractivity contribution in [3.05, 3.63) is 102 Å². The van der Waals surface area contributed by atoms with Gasteiger partial charge in [-0.2, -0.15) is 20.5 Å². The maximum absolute atomic E-state index is 13.5. The molecule has 2 bridgehead atoms. The second-order valence-corrected chi connectivity index (χ2v) is 10.9. The minimum absolute atomic E-state index is 0.115. The van der Waals surface area contributed by atoms with Gasteiger partial charge in [0.05, 0.1) is 19.1 Å². The van der Waals surface area contributed by atoms with Crippen molar-refractivity contribution in [2.24, 2.45) is 0 Å². The standard InChI is InChI=1S/C33H35N9O3/c1-23-32-36-31(25-12-6-3-7-13-25)39-42(32)18-19-45-27-15-8-14-26(20-27)33(44)34-16-9-17-41(22-29(43)35-23)21-28-30(38-40-37-28)24-10-4-2-5-11-24/h2-8,10-15,20,23H,9,16-19,21-22H2,1H3,(H,34,44)(H,35,43)(H,37,38,40)/t23-/m0/s1. The van der Waals surface area contributed by atoms with Crippen molar-refractivity contribution in [2.45, 2.75) is 32.5 Å². The summed E-state index contributed by atoms with van der Waals surface area (Å²) in [7, 11) is 0. The number of aromatic nitrogens is 6. The third kappa shape index (κ3) is 7.42. The van der Waals surface area contributed by atoms with Crippen LogP contribution in [0.2, 0.25) is 0 Å². The van der Waals surface area contributed by atoms with Crippen LogP contribution < -0.4 is 15.4 Å². The Balaban J connectivity index is 1.27.